The molecular formula is C20H22N4OS. The van der Waals surface area contributed by atoms with Crippen molar-refractivity contribution in [3.8, 4) is 16.3 Å². The number of piperidine rings is 1. The first kappa shape index (κ1) is 17.0. The standard InChI is InChI=1S/C20H22N4OS/c25-20(22-14-15-6-4-10-21-13-15)17-12-18(19-9-5-11-26-19)24(23-17)16-7-2-1-3-8-16/h1-3,5,7-9,11-12,15,21H,4,6,10,13-14H2,(H,22,25). The fourth-order valence-corrected chi connectivity index (χ4v) is 4.01. The summed E-state index contributed by atoms with van der Waals surface area (Å²) in [5, 5.41) is 13.1. The van der Waals surface area contributed by atoms with Gasteiger partial charge in [0.25, 0.3) is 5.91 Å². The number of hydrogen-bond acceptors (Lipinski definition) is 4. The van der Waals surface area contributed by atoms with Gasteiger partial charge in [0.05, 0.1) is 16.3 Å². The van der Waals surface area contributed by atoms with E-state index in [0.29, 0.717) is 18.2 Å². The van der Waals surface area contributed by atoms with Crippen LogP contribution in [0, 0.1) is 5.92 Å². The Hall–Kier alpha value is -2.44. The molecule has 0 aliphatic carbocycles. The SMILES string of the molecule is O=C(NCC1CCCNC1)c1cc(-c2cccs2)n(-c2ccccc2)n1. The summed E-state index contributed by atoms with van der Waals surface area (Å²) in [5.74, 6) is 0.392. The van der Waals surface area contributed by atoms with Gasteiger partial charge in [-0.15, -0.1) is 11.3 Å². The van der Waals surface area contributed by atoms with E-state index >= 15 is 0 Å². The molecule has 26 heavy (non-hydrogen) atoms. The molecule has 2 N–H and O–H groups in total. The van der Waals surface area contributed by atoms with Crippen LogP contribution in [0.4, 0.5) is 0 Å². The third-order valence-electron chi connectivity index (χ3n) is 4.67. The maximum atomic E-state index is 12.6. The summed E-state index contributed by atoms with van der Waals surface area (Å²) < 4.78 is 1.85. The number of rotatable bonds is 5. The second-order valence-corrected chi connectivity index (χ2v) is 7.51. The number of thiophene rings is 1. The van der Waals surface area contributed by atoms with Crippen molar-refractivity contribution in [2.45, 2.75) is 12.8 Å². The Kier molecular flexibility index (Phi) is 5.13. The molecule has 0 radical (unpaired) electrons. The lowest BCUT2D eigenvalue weighted by atomic mass is 10.00. The van der Waals surface area contributed by atoms with Gasteiger partial charge in [-0.05, 0) is 61.5 Å². The molecule has 3 heterocycles. The van der Waals surface area contributed by atoms with Gasteiger partial charge in [0, 0.05) is 6.54 Å². The van der Waals surface area contributed by atoms with E-state index in [0.717, 1.165) is 35.8 Å². The van der Waals surface area contributed by atoms with Crippen molar-refractivity contribution < 1.29 is 4.79 Å². The second kappa shape index (κ2) is 7.85. The normalized spacial score (nSPS) is 17.2. The molecule has 1 unspecified atom stereocenters. The first-order valence-corrected chi connectivity index (χ1v) is 9.87. The molecule has 1 amide bonds. The quantitative estimate of drug-likeness (QED) is 0.728. The summed E-state index contributed by atoms with van der Waals surface area (Å²) >= 11 is 1.65. The first-order valence-electron chi connectivity index (χ1n) is 8.99. The van der Waals surface area contributed by atoms with Crippen LogP contribution in [-0.4, -0.2) is 35.3 Å². The lowest BCUT2D eigenvalue weighted by Crippen LogP contribution is -2.38. The van der Waals surface area contributed by atoms with Gasteiger partial charge in [-0.3, -0.25) is 4.79 Å². The zero-order chi connectivity index (χ0) is 17.8. The lowest BCUT2D eigenvalue weighted by molar-refractivity contribution is 0.0939. The molecule has 1 fully saturated rings. The minimum atomic E-state index is -0.108. The molecule has 5 nitrogen and oxygen atoms in total. The van der Waals surface area contributed by atoms with Gasteiger partial charge in [-0.25, -0.2) is 4.68 Å². The van der Waals surface area contributed by atoms with Crippen LogP contribution in [0.3, 0.4) is 0 Å². The highest BCUT2D eigenvalue weighted by Crippen LogP contribution is 2.28. The van der Waals surface area contributed by atoms with E-state index in [1.807, 2.05) is 52.5 Å². The minimum Gasteiger partial charge on any atom is -0.350 e. The van der Waals surface area contributed by atoms with Gasteiger partial charge >= 0.3 is 0 Å². The number of hydrogen-bond donors (Lipinski definition) is 2. The second-order valence-electron chi connectivity index (χ2n) is 6.56. The number of benzene rings is 1. The number of amides is 1. The molecule has 4 rings (SSSR count). The van der Waals surface area contributed by atoms with Crippen molar-refractivity contribution in [1.82, 2.24) is 20.4 Å². The fourth-order valence-electron chi connectivity index (χ4n) is 3.28. The molecule has 1 aliphatic rings. The summed E-state index contributed by atoms with van der Waals surface area (Å²) in [6, 6.07) is 15.9. The maximum absolute atomic E-state index is 12.6. The molecule has 6 heteroatoms. The van der Waals surface area contributed by atoms with E-state index in [-0.39, 0.29) is 5.91 Å². The Balaban J connectivity index is 1.57. The van der Waals surface area contributed by atoms with E-state index in [2.05, 4.69) is 21.8 Å². The average Bonchev–Trinajstić information content (AvgIpc) is 3.37. The number of aromatic nitrogens is 2. The highest BCUT2D eigenvalue weighted by atomic mass is 32.1. The van der Waals surface area contributed by atoms with Crippen molar-refractivity contribution >= 4 is 17.2 Å². The minimum absolute atomic E-state index is 0.108. The van der Waals surface area contributed by atoms with Gasteiger partial charge in [0.1, 0.15) is 0 Å². The smallest absolute Gasteiger partial charge is 0.271 e. The number of nitrogens with one attached hydrogen (secondary N) is 2. The number of para-hydroxylation sites is 1. The van der Waals surface area contributed by atoms with E-state index < -0.39 is 0 Å². The number of carbonyl (C=O) groups is 1. The molecule has 0 spiro atoms. The van der Waals surface area contributed by atoms with Gasteiger partial charge < -0.3 is 10.6 Å². The zero-order valence-electron chi connectivity index (χ0n) is 14.5. The molecule has 3 aromatic rings. The van der Waals surface area contributed by atoms with Crippen molar-refractivity contribution in [1.29, 1.82) is 0 Å². The third kappa shape index (κ3) is 3.71. The van der Waals surface area contributed by atoms with Crippen LogP contribution in [0.5, 0.6) is 0 Å². The van der Waals surface area contributed by atoms with Crippen LogP contribution in [0.25, 0.3) is 16.3 Å². The molecule has 0 saturated carbocycles. The van der Waals surface area contributed by atoms with Gasteiger partial charge in [0.2, 0.25) is 0 Å². The van der Waals surface area contributed by atoms with Gasteiger partial charge in [-0.2, -0.15) is 5.10 Å². The summed E-state index contributed by atoms with van der Waals surface area (Å²) in [6.45, 7) is 2.74. The van der Waals surface area contributed by atoms with Crippen LogP contribution in [0.15, 0.2) is 53.9 Å². The fraction of sp³-hybridized carbons (Fsp3) is 0.300. The molecule has 1 atom stereocenters. The van der Waals surface area contributed by atoms with Crippen LogP contribution >= 0.6 is 11.3 Å². The molecule has 1 saturated heterocycles. The molecule has 2 aromatic heterocycles. The first-order chi connectivity index (χ1) is 12.8. The Labute approximate surface area is 157 Å². The van der Waals surface area contributed by atoms with E-state index in [1.165, 1.54) is 6.42 Å². The van der Waals surface area contributed by atoms with Crippen LogP contribution in [0.1, 0.15) is 23.3 Å². The molecule has 134 valence electrons. The Bertz CT molecular complexity index is 851. The topological polar surface area (TPSA) is 59.0 Å². The summed E-state index contributed by atoms with van der Waals surface area (Å²) in [7, 11) is 0. The monoisotopic (exact) mass is 366 g/mol. The highest BCUT2D eigenvalue weighted by molar-refractivity contribution is 7.13. The molecule has 1 aliphatic heterocycles. The van der Waals surface area contributed by atoms with Crippen molar-refractivity contribution in [3.05, 3.63) is 59.6 Å². The predicted molar refractivity (Wildman–Crippen MR) is 105 cm³/mol. The van der Waals surface area contributed by atoms with E-state index in [1.54, 1.807) is 11.3 Å². The maximum Gasteiger partial charge on any atom is 0.271 e. The molecule has 1 aromatic carbocycles. The molecular weight excluding hydrogens is 344 g/mol. The Morgan fingerprint density at radius 2 is 2.15 bits per heavy atom. The summed E-state index contributed by atoms with van der Waals surface area (Å²) in [5.41, 5.74) is 2.35. The summed E-state index contributed by atoms with van der Waals surface area (Å²) in [6.07, 6.45) is 2.33. The summed E-state index contributed by atoms with van der Waals surface area (Å²) in [4.78, 5) is 13.7. The largest absolute Gasteiger partial charge is 0.350 e. The van der Waals surface area contributed by atoms with Crippen LogP contribution < -0.4 is 10.6 Å². The molecule has 0 bridgehead atoms. The van der Waals surface area contributed by atoms with Gasteiger partial charge in [0.15, 0.2) is 5.69 Å². The van der Waals surface area contributed by atoms with Crippen molar-refractivity contribution in [2.75, 3.05) is 19.6 Å². The van der Waals surface area contributed by atoms with Crippen molar-refractivity contribution in [2.24, 2.45) is 5.92 Å². The zero-order valence-corrected chi connectivity index (χ0v) is 15.3. The average molecular weight is 366 g/mol. The Morgan fingerprint density at radius 3 is 2.88 bits per heavy atom. The number of carbonyl (C=O) groups excluding carboxylic acids is 1. The van der Waals surface area contributed by atoms with Gasteiger partial charge in [-0.1, -0.05) is 24.3 Å². The van der Waals surface area contributed by atoms with E-state index in [4.69, 9.17) is 0 Å². The highest BCUT2D eigenvalue weighted by Gasteiger charge is 2.19. The van der Waals surface area contributed by atoms with Crippen LogP contribution in [-0.2, 0) is 0 Å². The van der Waals surface area contributed by atoms with Crippen LogP contribution in [0.2, 0.25) is 0 Å². The number of nitrogens with zero attached hydrogens (tertiary/aromatic N) is 2. The van der Waals surface area contributed by atoms with Crippen molar-refractivity contribution in [3.63, 3.8) is 0 Å². The Morgan fingerprint density at radius 1 is 1.27 bits per heavy atom. The lowest BCUT2D eigenvalue weighted by Gasteiger charge is -2.22. The third-order valence-corrected chi connectivity index (χ3v) is 5.56. The van der Waals surface area contributed by atoms with E-state index in [9.17, 15) is 4.79 Å². The predicted octanol–water partition coefficient (Wildman–Crippen LogP) is 3.33.